The van der Waals surface area contributed by atoms with E-state index in [0.717, 1.165) is 6.07 Å². The SMILES string of the molecule is Cc1ccc(C(F)(F)F)c(NC(=O)[C@@H]2[C@H]3CC[C@H](C3)N2C(=O)Cn2nc(C(N)=O)c3ccccc32)n1. The summed E-state index contributed by atoms with van der Waals surface area (Å²) in [5, 5.41) is 7.04. The van der Waals surface area contributed by atoms with Gasteiger partial charge in [-0.1, -0.05) is 18.2 Å². The summed E-state index contributed by atoms with van der Waals surface area (Å²) in [5.41, 5.74) is 5.26. The number of pyridine rings is 1. The van der Waals surface area contributed by atoms with Crippen LogP contribution >= 0.6 is 0 Å². The molecule has 9 nitrogen and oxygen atoms in total. The molecule has 1 saturated heterocycles. The number of hydrogen-bond donors (Lipinski definition) is 2. The van der Waals surface area contributed by atoms with Gasteiger partial charge in [0.05, 0.1) is 11.1 Å². The third-order valence-corrected chi connectivity index (χ3v) is 6.90. The summed E-state index contributed by atoms with van der Waals surface area (Å²) in [6, 6.07) is 7.78. The maximum absolute atomic E-state index is 13.5. The Morgan fingerprint density at radius 3 is 2.61 bits per heavy atom. The van der Waals surface area contributed by atoms with Crippen LogP contribution in [-0.2, 0) is 22.3 Å². The molecule has 3 atom stereocenters. The summed E-state index contributed by atoms with van der Waals surface area (Å²) >= 11 is 0. The van der Waals surface area contributed by atoms with E-state index < -0.39 is 41.3 Å². The van der Waals surface area contributed by atoms with Gasteiger partial charge in [0.25, 0.3) is 5.91 Å². The van der Waals surface area contributed by atoms with E-state index in [0.29, 0.717) is 35.9 Å². The van der Waals surface area contributed by atoms with Gasteiger partial charge in [0, 0.05) is 17.1 Å². The van der Waals surface area contributed by atoms with Crippen molar-refractivity contribution in [3.05, 3.63) is 53.3 Å². The topological polar surface area (TPSA) is 123 Å². The maximum atomic E-state index is 13.5. The molecule has 1 aromatic carbocycles. The Morgan fingerprint density at radius 1 is 1.14 bits per heavy atom. The van der Waals surface area contributed by atoms with E-state index in [-0.39, 0.29) is 24.2 Å². The molecule has 1 aliphatic heterocycles. The number of para-hydroxylation sites is 1. The van der Waals surface area contributed by atoms with Crippen molar-refractivity contribution in [2.75, 3.05) is 5.32 Å². The van der Waals surface area contributed by atoms with Crippen LogP contribution in [0.25, 0.3) is 10.9 Å². The highest BCUT2D eigenvalue weighted by atomic mass is 19.4. The van der Waals surface area contributed by atoms with Gasteiger partial charge < -0.3 is 16.0 Å². The molecule has 3 N–H and O–H groups in total. The molecule has 2 bridgehead atoms. The second-order valence-electron chi connectivity index (χ2n) is 9.20. The van der Waals surface area contributed by atoms with E-state index in [2.05, 4.69) is 15.4 Å². The number of carbonyl (C=O) groups excluding carboxylic acids is 3. The summed E-state index contributed by atoms with van der Waals surface area (Å²) in [6.07, 6.45) is -2.73. The van der Waals surface area contributed by atoms with Gasteiger partial charge in [-0.05, 0) is 50.3 Å². The van der Waals surface area contributed by atoms with Crippen LogP contribution in [0.15, 0.2) is 36.4 Å². The lowest BCUT2D eigenvalue weighted by Gasteiger charge is -2.34. The van der Waals surface area contributed by atoms with Crippen molar-refractivity contribution in [2.24, 2.45) is 11.7 Å². The normalized spacial score (nSPS) is 21.2. The third-order valence-electron chi connectivity index (χ3n) is 6.90. The van der Waals surface area contributed by atoms with Crippen LogP contribution in [0.4, 0.5) is 19.0 Å². The number of piperidine rings is 1. The fraction of sp³-hybridized carbons (Fsp3) is 0.375. The number of rotatable bonds is 5. The monoisotopic (exact) mass is 500 g/mol. The van der Waals surface area contributed by atoms with E-state index in [9.17, 15) is 27.6 Å². The first kappa shape index (κ1) is 23.8. The van der Waals surface area contributed by atoms with Crippen LogP contribution in [-0.4, -0.2) is 49.5 Å². The molecule has 3 aromatic rings. The van der Waals surface area contributed by atoms with Gasteiger partial charge in [-0.2, -0.15) is 18.3 Å². The van der Waals surface area contributed by atoms with Crippen molar-refractivity contribution >= 4 is 34.4 Å². The standard InChI is InChI=1S/C24H23F3N6O3/c1-12-6-9-16(24(25,26)27)22(29-12)30-23(36)20-13-7-8-14(10-13)33(20)18(34)11-32-17-5-3-2-4-15(17)19(31-32)21(28)35/h2-6,9,13-14,20H,7-8,10-11H2,1H3,(H2,28,35)(H,29,30,36)/t13-,14+,20-/m0/s1. The van der Waals surface area contributed by atoms with Gasteiger partial charge in [-0.15, -0.1) is 0 Å². The minimum atomic E-state index is -4.70. The van der Waals surface area contributed by atoms with Crippen molar-refractivity contribution in [1.29, 1.82) is 0 Å². The van der Waals surface area contributed by atoms with Crippen LogP contribution in [0.5, 0.6) is 0 Å². The van der Waals surface area contributed by atoms with E-state index in [1.807, 2.05) is 0 Å². The number of benzene rings is 1. The number of halogens is 3. The van der Waals surface area contributed by atoms with Crippen LogP contribution in [0.3, 0.4) is 0 Å². The Kier molecular flexibility index (Phi) is 5.68. The van der Waals surface area contributed by atoms with Gasteiger partial charge in [0.2, 0.25) is 11.8 Å². The number of alkyl halides is 3. The number of nitrogens with zero attached hydrogens (tertiary/aromatic N) is 4. The molecule has 1 saturated carbocycles. The smallest absolute Gasteiger partial charge is 0.364 e. The molecule has 0 spiro atoms. The minimum Gasteiger partial charge on any atom is -0.364 e. The van der Waals surface area contributed by atoms with Crippen molar-refractivity contribution in [2.45, 2.75) is 51.0 Å². The molecule has 3 amide bonds. The summed E-state index contributed by atoms with van der Waals surface area (Å²) in [6.45, 7) is 1.27. The summed E-state index contributed by atoms with van der Waals surface area (Å²) in [5.74, 6) is -2.61. The van der Waals surface area contributed by atoms with E-state index in [4.69, 9.17) is 5.73 Å². The lowest BCUT2D eigenvalue weighted by Crippen LogP contribution is -2.52. The Labute approximate surface area is 203 Å². The maximum Gasteiger partial charge on any atom is 0.419 e. The molecule has 0 radical (unpaired) electrons. The molecule has 2 fully saturated rings. The zero-order chi connectivity index (χ0) is 25.8. The Balaban J connectivity index is 1.43. The quantitative estimate of drug-likeness (QED) is 0.558. The van der Waals surface area contributed by atoms with Crippen LogP contribution in [0, 0.1) is 12.8 Å². The fourth-order valence-corrected chi connectivity index (χ4v) is 5.40. The van der Waals surface area contributed by atoms with E-state index in [1.165, 1.54) is 22.6 Å². The average molecular weight is 500 g/mol. The number of hydrogen-bond acceptors (Lipinski definition) is 5. The minimum absolute atomic E-state index is 0.0286. The van der Waals surface area contributed by atoms with Gasteiger partial charge in [-0.3, -0.25) is 19.1 Å². The van der Waals surface area contributed by atoms with Crippen LogP contribution in [0.1, 0.15) is 41.0 Å². The number of aryl methyl sites for hydroxylation is 1. The average Bonchev–Trinajstić information content (AvgIpc) is 3.51. The highest BCUT2D eigenvalue weighted by Gasteiger charge is 2.51. The van der Waals surface area contributed by atoms with Crippen LogP contribution in [0.2, 0.25) is 0 Å². The third kappa shape index (κ3) is 4.06. The summed E-state index contributed by atoms with van der Waals surface area (Å²) < 4.78 is 41.8. The van der Waals surface area contributed by atoms with Gasteiger partial charge in [0.15, 0.2) is 5.69 Å². The number of anilines is 1. The molecule has 2 aromatic heterocycles. The Morgan fingerprint density at radius 2 is 1.89 bits per heavy atom. The summed E-state index contributed by atoms with van der Waals surface area (Å²) in [7, 11) is 0. The lowest BCUT2D eigenvalue weighted by atomic mass is 9.97. The van der Waals surface area contributed by atoms with Crippen molar-refractivity contribution in [1.82, 2.24) is 19.7 Å². The second-order valence-corrected chi connectivity index (χ2v) is 9.20. The van der Waals surface area contributed by atoms with Crippen molar-refractivity contribution in [3.8, 4) is 0 Å². The molecule has 36 heavy (non-hydrogen) atoms. The molecular formula is C24H23F3N6O3. The number of carbonyl (C=O) groups is 3. The molecular weight excluding hydrogens is 477 g/mol. The first-order chi connectivity index (χ1) is 17.0. The number of fused-ring (bicyclic) bond motifs is 3. The second kappa shape index (κ2) is 8.61. The fourth-order valence-electron chi connectivity index (χ4n) is 5.40. The predicted molar refractivity (Wildman–Crippen MR) is 123 cm³/mol. The molecule has 188 valence electrons. The Hall–Kier alpha value is -3.96. The van der Waals surface area contributed by atoms with Crippen molar-refractivity contribution in [3.63, 3.8) is 0 Å². The molecule has 2 aliphatic rings. The predicted octanol–water partition coefficient (Wildman–Crippen LogP) is 2.88. The molecule has 12 heteroatoms. The van der Waals surface area contributed by atoms with Crippen molar-refractivity contribution < 1.29 is 27.6 Å². The zero-order valence-electron chi connectivity index (χ0n) is 19.2. The zero-order valence-corrected chi connectivity index (χ0v) is 19.2. The molecule has 0 unspecified atom stereocenters. The van der Waals surface area contributed by atoms with Gasteiger partial charge in [-0.25, -0.2) is 4.98 Å². The number of primary amides is 1. The first-order valence-corrected chi connectivity index (χ1v) is 11.5. The summed E-state index contributed by atoms with van der Waals surface area (Å²) in [4.78, 5) is 43.9. The molecule has 3 heterocycles. The number of aromatic nitrogens is 3. The highest BCUT2D eigenvalue weighted by Crippen LogP contribution is 2.43. The lowest BCUT2D eigenvalue weighted by molar-refractivity contribution is -0.142. The van der Waals surface area contributed by atoms with E-state index in [1.54, 1.807) is 24.3 Å². The number of nitrogens with one attached hydrogen (secondary N) is 1. The molecule has 1 aliphatic carbocycles. The largest absolute Gasteiger partial charge is 0.419 e. The first-order valence-electron chi connectivity index (χ1n) is 11.5. The Bertz CT molecular complexity index is 1390. The number of likely N-dealkylation sites (tertiary alicyclic amines) is 1. The molecule has 5 rings (SSSR count). The van der Waals surface area contributed by atoms with E-state index >= 15 is 0 Å². The van der Waals surface area contributed by atoms with Crippen LogP contribution < -0.4 is 11.1 Å². The van der Waals surface area contributed by atoms with Gasteiger partial charge in [0.1, 0.15) is 18.4 Å². The van der Waals surface area contributed by atoms with Gasteiger partial charge >= 0.3 is 6.18 Å². The number of nitrogens with two attached hydrogens (primary N) is 1. The number of amides is 3. The highest BCUT2D eigenvalue weighted by molar-refractivity contribution is 6.04.